The lowest BCUT2D eigenvalue weighted by molar-refractivity contribution is 0.102. The van der Waals surface area contributed by atoms with Crippen molar-refractivity contribution in [2.24, 2.45) is 11.7 Å². The van der Waals surface area contributed by atoms with Crippen LogP contribution in [0.3, 0.4) is 0 Å². The lowest BCUT2D eigenvalue weighted by atomic mass is 9.93. The van der Waals surface area contributed by atoms with Gasteiger partial charge in [-0.1, -0.05) is 42.5 Å². The summed E-state index contributed by atoms with van der Waals surface area (Å²) in [7, 11) is 0. The van der Waals surface area contributed by atoms with Crippen molar-refractivity contribution in [2.45, 2.75) is 12.8 Å². The number of nitrogens with zero attached hydrogens (tertiary/aromatic N) is 1. The molecule has 0 radical (unpaired) electrons. The number of benzene rings is 3. The van der Waals surface area contributed by atoms with Gasteiger partial charge in [0.1, 0.15) is 0 Å². The van der Waals surface area contributed by atoms with E-state index in [0.717, 1.165) is 48.4 Å². The molecule has 1 fully saturated rings. The Morgan fingerprint density at radius 3 is 2.36 bits per heavy atom. The topological polar surface area (TPSA) is 84.4 Å². The average Bonchev–Trinajstić information content (AvgIpc) is 2.86. The predicted octanol–water partition coefficient (Wildman–Crippen LogP) is 5.18. The van der Waals surface area contributed by atoms with E-state index in [0.29, 0.717) is 28.6 Å². The van der Waals surface area contributed by atoms with Crippen molar-refractivity contribution in [3.05, 3.63) is 90.1 Å². The van der Waals surface area contributed by atoms with Gasteiger partial charge in [0.2, 0.25) is 0 Å². The molecule has 1 saturated heterocycles. The van der Waals surface area contributed by atoms with Crippen molar-refractivity contribution in [3.63, 3.8) is 0 Å². The number of anilines is 3. The van der Waals surface area contributed by atoms with E-state index in [2.05, 4.69) is 22.8 Å². The van der Waals surface area contributed by atoms with Crippen molar-refractivity contribution in [1.82, 2.24) is 0 Å². The molecule has 5 nitrogen and oxygen atoms in total. The van der Waals surface area contributed by atoms with E-state index < -0.39 is 0 Å². The quantitative estimate of drug-likeness (QED) is 0.303. The summed E-state index contributed by atoms with van der Waals surface area (Å²) < 4.78 is 0. The van der Waals surface area contributed by atoms with Crippen molar-refractivity contribution < 1.29 is 4.79 Å². The Hall–Kier alpha value is -3.38. The summed E-state index contributed by atoms with van der Waals surface area (Å²) in [5.41, 5.74) is 18.2. The molecule has 0 atom stereocenters. The summed E-state index contributed by atoms with van der Waals surface area (Å²) in [6.07, 6.45) is 4.05. The number of hydrogen-bond donors (Lipinski definition) is 4. The second-order valence-corrected chi connectivity index (χ2v) is 8.68. The van der Waals surface area contributed by atoms with Crippen LogP contribution < -0.4 is 21.7 Å². The van der Waals surface area contributed by atoms with Gasteiger partial charge in [0.15, 0.2) is 0 Å². The van der Waals surface area contributed by atoms with Crippen LogP contribution in [0.2, 0.25) is 0 Å². The fourth-order valence-corrected chi connectivity index (χ4v) is 4.45. The van der Waals surface area contributed by atoms with Crippen LogP contribution in [0.5, 0.6) is 0 Å². The van der Waals surface area contributed by atoms with E-state index in [1.165, 1.54) is 0 Å². The number of nitrogens with two attached hydrogens (primary N) is 2. The van der Waals surface area contributed by atoms with E-state index in [-0.39, 0.29) is 5.91 Å². The molecule has 170 valence electrons. The van der Waals surface area contributed by atoms with Gasteiger partial charge in [0.05, 0.1) is 11.4 Å². The van der Waals surface area contributed by atoms with Crippen LogP contribution in [0.4, 0.5) is 17.1 Å². The summed E-state index contributed by atoms with van der Waals surface area (Å²) in [5.74, 6) is 0.926. The molecule has 3 aromatic carbocycles. The van der Waals surface area contributed by atoms with E-state index in [9.17, 15) is 4.79 Å². The molecule has 33 heavy (non-hydrogen) atoms. The number of hydrogen-bond acceptors (Lipinski definition) is 5. The number of carbonyl (C=O) groups is 1. The highest BCUT2D eigenvalue weighted by Gasteiger charge is 2.21. The standard InChI is InChI=1S/C27H30N4OS/c28-24(14-17-33)20-12-15-31(16-13-20)23-9-6-21(7-10-23)27(32)30-26-18-22(8-11-25(26)29)19-4-2-1-3-5-19/h1-11,14,18,20,33H,12-13,15-17,28-29H2,(H,30,32)/b24-14-. The number of nitrogens with one attached hydrogen (secondary N) is 1. The molecule has 1 heterocycles. The number of thiol groups is 1. The first-order valence-corrected chi connectivity index (χ1v) is 11.9. The fraction of sp³-hybridized carbons (Fsp3) is 0.222. The third-order valence-corrected chi connectivity index (χ3v) is 6.38. The lowest BCUT2D eigenvalue weighted by Gasteiger charge is -2.34. The van der Waals surface area contributed by atoms with Crippen molar-refractivity contribution in [3.8, 4) is 11.1 Å². The maximum absolute atomic E-state index is 12.9. The maximum Gasteiger partial charge on any atom is 0.255 e. The first-order chi connectivity index (χ1) is 16.0. The van der Waals surface area contributed by atoms with Gasteiger partial charge >= 0.3 is 0 Å². The normalized spacial score (nSPS) is 14.8. The number of piperidine rings is 1. The van der Waals surface area contributed by atoms with Gasteiger partial charge in [0.25, 0.3) is 5.91 Å². The van der Waals surface area contributed by atoms with Crippen molar-refractivity contribution in [1.29, 1.82) is 0 Å². The second-order valence-electron chi connectivity index (χ2n) is 8.32. The van der Waals surface area contributed by atoms with Gasteiger partial charge in [-0.25, -0.2) is 0 Å². The minimum absolute atomic E-state index is 0.179. The Bertz CT molecular complexity index is 1120. The molecule has 1 amide bonds. The van der Waals surface area contributed by atoms with Gasteiger partial charge < -0.3 is 21.7 Å². The largest absolute Gasteiger partial charge is 0.402 e. The van der Waals surface area contributed by atoms with Gasteiger partial charge in [-0.15, -0.1) is 0 Å². The number of amides is 1. The number of allylic oxidation sites excluding steroid dienone is 1. The fourth-order valence-electron chi connectivity index (χ4n) is 4.24. The molecule has 0 bridgehead atoms. The van der Waals surface area contributed by atoms with Gasteiger partial charge in [-0.05, 0) is 60.4 Å². The third kappa shape index (κ3) is 5.52. The molecule has 3 aromatic rings. The van der Waals surface area contributed by atoms with E-state index in [1.54, 1.807) is 0 Å². The smallest absolute Gasteiger partial charge is 0.255 e. The molecule has 0 saturated carbocycles. The SMILES string of the molecule is N/C(=C\CS)C1CCN(c2ccc(C(=O)Nc3cc(-c4ccccc4)ccc3N)cc2)CC1. The molecule has 1 aliphatic rings. The van der Waals surface area contributed by atoms with Crippen LogP contribution in [-0.4, -0.2) is 24.7 Å². The molecule has 1 aliphatic heterocycles. The number of rotatable bonds is 6. The number of nitrogen functional groups attached to an aromatic ring is 1. The zero-order chi connectivity index (χ0) is 23.2. The average molecular weight is 459 g/mol. The Balaban J connectivity index is 1.41. The molecule has 0 aromatic heterocycles. The first-order valence-electron chi connectivity index (χ1n) is 11.2. The second kappa shape index (κ2) is 10.5. The Morgan fingerprint density at radius 1 is 1.00 bits per heavy atom. The highest BCUT2D eigenvalue weighted by molar-refractivity contribution is 7.80. The molecule has 6 heteroatoms. The molecule has 4 rings (SSSR count). The highest BCUT2D eigenvalue weighted by atomic mass is 32.1. The van der Waals surface area contributed by atoms with Crippen LogP contribution >= 0.6 is 12.6 Å². The van der Waals surface area contributed by atoms with Crippen LogP contribution in [0.25, 0.3) is 11.1 Å². The van der Waals surface area contributed by atoms with Gasteiger partial charge in [0, 0.05) is 41.7 Å². The van der Waals surface area contributed by atoms with Gasteiger partial charge in [-0.3, -0.25) is 4.79 Å². The first kappa shape index (κ1) is 22.8. The minimum atomic E-state index is -0.179. The lowest BCUT2D eigenvalue weighted by Crippen LogP contribution is -2.35. The van der Waals surface area contributed by atoms with Crippen LogP contribution in [0.1, 0.15) is 23.2 Å². The molecule has 0 unspecified atom stereocenters. The van der Waals surface area contributed by atoms with Crippen molar-refractivity contribution in [2.75, 3.05) is 34.8 Å². The predicted molar refractivity (Wildman–Crippen MR) is 142 cm³/mol. The zero-order valence-corrected chi connectivity index (χ0v) is 19.5. The number of carbonyl (C=O) groups excluding carboxylic acids is 1. The molecular weight excluding hydrogens is 428 g/mol. The maximum atomic E-state index is 12.9. The molecule has 5 N–H and O–H groups in total. The molecular formula is C27H30N4OS. The monoisotopic (exact) mass is 458 g/mol. The summed E-state index contributed by atoms with van der Waals surface area (Å²) in [6, 6.07) is 23.4. The Labute approximate surface area is 200 Å². The summed E-state index contributed by atoms with van der Waals surface area (Å²) in [5, 5.41) is 2.96. The van der Waals surface area contributed by atoms with Gasteiger partial charge in [-0.2, -0.15) is 12.6 Å². The van der Waals surface area contributed by atoms with E-state index in [1.807, 2.05) is 78.9 Å². The zero-order valence-electron chi connectivity index (χ0n) is 18.6. The van der Waals surface area contributed by atoms with Crippen LogP contribution in [0.15, 0.2) is 84.6 Å². The van der Waals surface area contributed by atoms with Crippen molar-refractivity contribution >= 4 is 35.6 Å². The summed E-state index contributed by atoms with van der Waals surface area (Å²) in [4.78, 5) is 15.2. The van der Waals surface area contributed by atoms with Crippen LogP contribution in [0, 0.1) is 5.92 Å². The highest BCUT2D eigenvalue weighted by Crippen LogP contribution is 2.29. The van der Waals surface area contributed by atoms with E-state index in [4.69, 9.17) is 11.5 Å². The molecule has 0 aliphatic carbocycles. The summed E-state index contributed by atoms with van der Waals surface area (Å²) >= 11 is 4.23. The third-order valence-electron chi connectivity index (χ3n) is 6.20. The Kier molecular flexibility index (Phi) is 7.25. The van der Waals surface area contributed by atoms with Crippen LogP contribution in [-0.2, 0) is 0 Å². The van der Waals surface area contributed by atoms with E-state index >= 15 is 0 Å². The minimum Gasteiger partial charge on any atom is -0.402 e. The molecule has 0 spiro atoms. The summed E-state index contributed by atoms with van der Waals surface area (Å²) in [6.45, 7) is 1.89. The Morgan fingerprint density at radius 2 is 1.70 bits per heavy atom.